The number of benzene rings is 1. The molecule has 0 saturated heterocycles. The van der Waals surface area contributed by atoms with Gasteiger partial charge in [-0.25, -0.2) is 5.84 Å². The van der Waals surface area contributed by atoms with Crippen molar-refractivity contribution in [2.75, 3.05) is 0 Å². The number of hydrazine groups is 1. The lowest BCUT2D eigenvalue weighted by Crippen LogP contribution is -2.54. The van der Waals surface area contributed by atoms with Crippen LogP contribution < -0.4 is 5.84 Å². The van der Waals surface area contributed by atoms with E-state index in [1.54, 1.807) is 0 Å². The van der Waals surface area contributed by atoms with Crippen molar-refractivity contribution in [2.45, 2.75) is 32.0 Å². The Morgan fingerprint density at radius 2 is 1.74 bits per heavy atom. The number of hydrogen-bond donors (Lipinski definition) is 1. The zero-order valence-electron chi connectivity index (χ0n) is 10.5. The fourth-order valence-electron chi connectivity index (χ4n) is 1.58. The maximum atomic E-state index is 12.4. The van der Waals surface area contributed by atoms with Gasteiger partial charge in [0.25, 0.3) is 5.91 Å². The summed E-state index contributed by atoms with van der Waals surface area (Å²) in [5.41, 5.74) is -1.35. The summed E-state index contributed by atoms with van der Waals surface area (Å²) in [5.74, 6) is 4.83. The van der Waals surface area contributed by atoms with Crippen LogP contribution in [0.25, 0.3) is 0 Å². The number of carbonyl (C=O) groups excluding carboxylic acids is 1. The Hall–Kier alpha value is -1.27. The molecule has 0 heterocycles. The molecular weight excluding hydrogens is 281 g/mol. The molecule has 0 spiro atoms. The van der Waals surface area contributed by atoms with Crippen LogP contribution in [0.2, 0.25) is 5.02 Å². The third-order valence-electron chi connectivity index (χ3n) is 2.60. The molecule has 19 heavy (non-hydrogen) atoms. The molecule has 0 aliphatic heterocycles. The van der Waals surface area contributed by atoms with Gasteiger partial charge in [0.2, 0.25) is 0 Å². The molecule has 1 amide bonds. The second kappa shape index (κ2) is 5.38. The fraction of sp³-hybridized carbons (Fsp3) is 0.417. The first-order chi connectivity index (χ1) is 8.53. The van der Waals surface area contributed by atoms with Crippen molar-refractivity contribution in [3.05, 3.63) is 34.9 Å². The Bertz CT molecular complexity index is 457. The number of halogens is 4. The van der Waals surface area contributed by atoms with Crippen LogP contribution in [-0.2, 0) is 0 Å². The second-order valence-electron chi connectivity index (χ2n) is 4.79. The molecule has 0 unspecified atom stereocenters. The minimum absolute atomic E-state index is 0.183. The Kier molecular flexibility index (Phi) is 4.47. The molecule has 0 fully saturated rings. The van der Waals surface area contributed by atoms with E-state index in [0.29, 0.717) is 10.0 Å². The van der Waals surface area contributed by atoms with Gasteiger partial charge in [0.15, 0.2) is 0 Å². The lowest BCUT2D eigenvalue weighted by molar-refractivity contribution is -0.155. The Morgan fingerprint density at radius 1 is 1.26 bits per heavy atom. The average molecular weight is 295 g/mol. The Labute approximate surface area is 114 Å². The van der Waals surface area contributed by atoms with Crippen LogP contribution >= 0.6 is 11.6 Å². The molecule has 0 saturated carbocycles. The van der Waals surface area contributed by atoms with Crippen molar-refractivity contribution in [1.29, 1.82) is 0 Å². The molecule has 1 aromatic rings. The minimum atomic E-state index is -4.40. The second-order valence-corrected chi connectivity index (χ2v) is 5.22. The first kappa shape index (κ1) is 15.8. The number of rotatable bonds is 3. The standard InChI is InChI=1S/C12H14ClF3N2O/c1-11(2,7-12(14,15)16)18(17)10(19)8-3-5-9(13)6-4-8/h3-6H,7,17H2,1-2H3. The Morgan fingerprint density at radius 3 is 2.16 bits per heavy atom. The molecule has 106 valence electrons. The normalized spacial score (nSPS) is 12.4. The van der Waals surface area contributed by atoms with Gasteiger partial charge in [-0.1, -0.05) is 11.6 Å². The summed E-state index contributed by atoms with van der Waals surface area (Å²) in [7, 11) is 0. The zero-order chi connectivity index (χ0) is 14.8. The molecule has 1 aromatic carbocycles. The van der Waals surface area contributed by atoms with Crippen molar-refractivity contribution in [3.8, 4) is 0 Å². The van der Waals surface area contributed by atoms with Crippen molar-refractivity contribution in [1.82, 2.24) is 5.01 Å². The van der Waals surface area contributed by atoms with Gasteiger partial charge in [-0.15, -0.1) is 0 Å². The number of nitrogens with two attached hydrogens (primary N) is 1. The third-order valence-corrected chi connectivity index (χ3v) is 2.85. The number of carbonyl (C=O) groups is 1. The lowest BCUT2D eigenvalue weighted by Gasteiger charge is -2.35. The van der Waals surface area contributed by atoms with E-state index in [0.717, 1.165) is 0 Å². The van der Waals surface area contributed by atoms with Crippen molar-refractivity contribution < 1.29 is 18.0 Å². The van der Waals surface area contributed by atoms with Gasteiger partial charge in [0.05, 0.1) is 12.0 Å². The van der Waals surface area contributed by atoms with Crippen LogP contribution in [0, 0.1) is 0 Å². The predicted octanol–water partition coefficient (Wildman–Crippen LogP) is 3.39. The van der Waals surface area contributed by atoms with Crippen LogP contribution in [0.15, 0.2) is 24.3 Å². The van der Waals surface area contributed by atoms with Crippen LogP contribution in [0.4, 0.5) is 13.2 Å². The average Bonchev–Trinajstić information content (AvgIpc) is 2.25. The fourth-order valence-corrected chi connectivity index (χ4v) is 1.71. The summed E-state index contributed by atoms with van der Waals surface area (Å²) in [6.07, 6.45) is -5.59. The van der Waals surface area contributed by atoms with Crippen molar-refractivity contribution in [3.63, 3.8) is 0 Å². The summed E-state index contributed by atoms with van der Waals surface area (Å²) in [4.78, 5) is 12.0. The summed E-state index contributed by atoms with van der Waals surface area (Å²) < 4.78 is 37.3. The van der Waals surface area contributed by atoms with Crippen LogP contribution in [0.5, 0.6) is 0 Å². The van der Waals surface area contributed by atoms with E-state index < -0.39 is 24.0 Å². The first-order valence-corrected chi connectivity index (χ1v) is 5.82. The predicted molar refractivity (Wildman–Crippen MR) is 66.6 cm³/mol. The summed E-state index contributed by atoms with van der Waals surface area (Å²) in [6.45, 7) is 2.52. The van der Waals surface area contributed by atoms with E-state index in [1.807, 2.05) is 0 Å². The maximum Gasteiger partial charge on any atom is 0.391 e. The van der Waals surface area contributed by atoms with E-state index in [1.165, 1.54) is 38.1 Å². The smallest absolute Gasteiger partial charge is 0.271 e. The molecule has 0 radical (unpaired) electrons. The van der Waals surface area contributed by atoms with E-state index in [9.17, 15) is 18.0 Å². The topological polar surface area (TPSA) is 46.3 Å². The molecular formula is C12H14ClF3N2O. The van der Waals surface area contributed by atoms with E-state index in [-0.39, 0.29) is 5.56 Å². The monoisotopic (exact) mass is 294 g/mol. The van der Waals surface area contributed by atoms with Gasteiger partial charge in [-0.05, 0) is 38.1 Å². The molecule has 0 atom stereocenters. The van der Waals surface area contributed by atoms with Crippen molar-refractivity contribution in [2.24, 2.45) is 5.84 Å². The molecule has 2 N–H and O–H groups in total. The molecule has 1 rings (SSSR count). The lowest BCUT2D eigenvalue weighted by atomic mass is 9.98. The minimum Gasteiger partial charge on any atom is -0.271 e. The number of nitrogens with zero attached hydrogens (tertiary/aromatic N) is 1. The van der Waals surface area contributed by atoms with Gasteiger partial charge in [0, 0.05) is 10.6 Å². The van der Waals surface area contributed by atoms with Crippen LogP contribution in [-0.4, -0.2) is 22.6 Å². The molecule has 0 aromatic heterocycles. The quantitative estimate of drug-likeness (QED) is 0.528. The van der Waals surface area contributed by atoms with Gasteiger partial charge in [0.1, 0.15) is 0 Å². The summed E-state index contributed by atoms with van der Waals surface area (Å²) >= 11 is 5.67. The molecule has 0 bridgehead atoms. The third kappa shape index (κ3) is 4.40. The highest BCUT2D eigenvalue weighted by atomic mass is 35.5. The van der Waals surface area contributed by atoms with Gasteiger partial charge >= 0.3 is 6.18 Å². The Balaban J connectivity index is 2.90. The largest absolute Gasteiger partial charge is 0.391 e. The highest BCUT2D eigenvalue weighted by molar-refractivity contribution is 6.30. The maximum absolute atomic E-state index is 12.4. The summed E-state index contributed by atoms with van der Waals surface area (Å²) in [5, 5.41) is 1.03. The molecule has 3 nitrogen and oxygen atoms in total. The zero-order valence-corrected chi connectivity index (χ0v) is 11.2. The number of hydrogen-bond acceptors (Lipinski definition) is 2. The molecule has 7 heteroatoms. The van der Waals surface area contributed by atoms with Gasteiger partial charge in [-0.2, -0.15) is 13.2 Å². The highest BCUT2D eigenvalue weighted by Gasteiger charge is 2.41. The highest BCUT2D eigenvalue weighted by Crippen LogP contribution is 2.30. The summed E-state index contributed by atoms with van der Waals surface area (Å²) in [6, 6.07) is 5.77. The van der Waals surface area contributed by atoms with Gasteiger partial charge < -0.3 is 0 Å². The van der Waals surface area contributed by atoms with Crippen molar-refractivity contribution >= 4 is 17.5 Å². The van der Waals surface area contributed by atoms with E-state index in [4.69, 9.17) is 17.4 Å². The van der Waals surface area contributed by atoms with Crippen LogP contribution in [0.1, 0.15) is 30.6 Å². The van der Waals surface area contributed by atoms with Gasteiger partial charge in [-0.3, -0.25) is 9.80 Å². The van der Waals surface area contributed by atoms with E-state index in [2.05, 4.69) is 0 Å². The van der Waals surface area contributed by atoms with E-state index >= 15 is 0 Å². The first-order valence-electron chi connectivity index (χ1n) is 5.44. The molecule has 0 aliphatic carbocycles. The number of amides is 1. The van der Waals surface area contributed by atoms with Crippen LogP contribution in [0.3, 0.4) is 0 Å². The molecule has 0 aliphatic rings. The SMILES string of the molecule is CC(C)(CC(F)(F)F)N(N)C(=O)c1ccc(Cl)cc1. The number of alkyl halides is 3.